The predicted molar refractivity (Wildman–Crippen MR) is 135 cm³/mol. The van der Waals surface area contributed by atoms with Crippen LogP contribution >= 0.6 is 0 Å². The molecule has 2 saturated heterocycles. The third-order valence-electron chi connectivity index (χ3n) is 6.63. The summed E-state index contributed by atoms with van der Waals surface area (Å²) >= 11 is 0. The number of anilines is 1. The molecule has 4 rings (SSSR count). The van der Waals surface area contributed by atoms with E-state index in [1.54, 1.807) is 29.6 Å². The summed E-state index contributed by atoms with van der Waals surface area (Å²) in [4.78, 5) is 15.1. The number of carbonyl (C=O) groups excluding carboxylic acids is 1. The number of nitrogens with one attached hydrogen (secondary N) is 1. The second-order valence-electron chi connectivity index (χ2n) is 8.98. The number of methoxy groups -OCH3 is 1. The van der Waals surface area contributed by atoms with Crippen LogP contribution in [0.5, 0.6) is 5.75 Å². The molecular formula is C26H35N3O5S. The van der Waals surface area contributed by atoms with E-state index in [0.717, 1.165) is 62.4 Å². The van der Waals surface area contributed by atoms with Crippen LogP contribution in [0.3, 0.4) is 0 Å². The van der Waals surface area contributed by atoms with Crippen LogP contribution in [0.4, 0.5) is 5.69 Å². The summed E-state index contributed by atoms with van der Waals surface area (Å²) in [6, 6.07) is 13.1. The quantitative estimate of drug-likeness (QED) is 0.569. The Hall–Kier alpha value is -2.62. The molecule has 190 valence electrons. The monoisotopic (exact) mass is 501 g/mol. The zero-order chi connectivity index (χ0) is 24.7. The molecule has 2 heterocycles. The molecule has 0 saturated carbocycles. The van der Waals surface area contributed by atoms with Gasteiger partial charge in [0, 0.05) is 44.8 Å². The van der Waals surface area contributed by atoms with Crippen molar-refractivity contribution in [2.45, 2.75) is 43.5 Å². The van der Waals surface area contributed by atoms with Crippen LogP contribution < -0.4 is 15.0 Å². The van der Waals surface area contributed by atoms with Gasteiger partial charge in [-0.15, -0.1) is 0 Å². The summed E-state index contributed by atoms with van der Waals surface area (Å²) in [5.74, 6) is 0.502. The zero-order valence-electron chi connectivity index (χ0n) is 20.4. The number of amides is 1. The zero-order valence-corrected chi connectivity index (χ0v) is 21.2. The molecule has 0 radical (unpaired) electrons. The van der Waals surface area contributed by atoms with Crippen LogP contribution in [-0.2, 0) is 32.5 Å². The molecule has 35 heavy (non-hydrogen) atoms. The smallest absolute Gasteiger partial charge is 0.243 e. The molecule has 1 N–H and O–H groups in total. The molecular weight excluding hydrogens is 466 g/mol. The van der Waals surface area contributed by atoms with Gasteiger partial charge in [-0.05, 0) is 60.7 Å². The van der Waals surface area contributed by atoms with Crippen molar-refractivity contribution in [1.29, 1.82) is 0 Å². The SMILES string of the molecule is COc1ccc(S(=O)(=O)N2CCCCC2)cc1CCC(=O)NCc1ccc(N2CCOCC2)cc1. The Morgan fingerprint density at radius 2 is 1.71 bits per heavy atom. The van der Waals surface area contributed by atoms with E-state index in [9.17, 15) is 13.2 Å². The van der Waals surface area contributed by atoms with Crippen molar-refractivity contribution in [3.63, 3.8) is 0 Å². The highest BCUT2D eigenvalue weighted by atomic mass is 32.2. The lowest BCUT2D eigenvalue weighted by atomic mass is 10.1. The van der Waals surface area contributed by atoms with Gasteiger partial charge in [-0.2, -0.15) is 4.31 Å². The maximum Gasteiger partial charge on any atom is 0.243 e. The molecule has 9 heteroatoms. The summed E-state index contributed by atoms with van der Waals surface area (Å²) in [7, 11) is -1.99. The van der Waals surface area contributed by atoms with E-state index >= 15 is 0 Å². The Labute approximate surface area is 208 Å². The van der Waals surface area contributed by atoms with Gasteiger partial charge in [-0.25, -0.2) is 8.42 Å². The van der Waals surface area contributed by atoms with E-state index in [0.29, 0.717) is 31.8 Å². The Morgan fingerprint density at radius 3 is 2.40 bits per heavy atom. The van der Waals surface area contributed by atoms with E-state index in [-0.39, 0.29) is 17.2 Å². The van der Waals surface area contributed by atoms with E-state index in [1.165, 1.54) is 0 Å². The van der Waals surface area contributed by atoms with Crippen LogP contribution in [0.2, 0.25) is 0 Å². The van der Waals surface area contributed by atoms with Gasteiger partial charge in [0.05, 0.1) is 25.2 Å². The van der Waals surface area contributed by atoms with E-state index in [1.807, 2.05) is 12.1 Å². The highest BCUT2D eigenvalue weighted by Crippen LogP contribution is 2.27. The second-order valence-corrected chi connectivity index (χ2v) is 10.9. The van der Waals surface area contributed by atoms with Crippen molar-refractivity contribution in [1.82, 2.24) is 9.62 Å². The van der Waals surface area contributed by atoms with E-state index in [2.05, 4.69) is 22.3 Å². The molecule has 0 spiro atoms. The van der Waals surface area contributed by atoms with Gasteiger partial charge in [0.1, 0.15) is 5.75 Å². The minimum atomic E-state index is -3.54. The van der Waals surface area contributed by atoms with E-state index < -0.39 is 10.0 Å². The average molecular weight is 502 g/mol. The molecule has 0 bridgehead atoms. The van der Waals surface area contributed by atoms with Crippen LogP contribution in [-0.4, -0.2) is 65.1 Å². The lowest BCUT2D eigenvalue weighted by molar-refractivity contribution is -0.121. The number of nitrogens with zero attached hydrogens (tertiary/aromatic N) is 2. The van der Waals surface area contributed by atoms with Gasteiger partial charge in [0.25, 0.3) is 0 Å². The number of ether oxygens (including phenoxy) is 2. The number of hydrogen-bond acceptors (Lipinski definition) is 6. The lowest BCUT2D eigenvalue weighted by Crippen LogP contribution is -2.36. The number of aryl methyl sites for hydroxylation is 1. The first-order valence-electron chi connectivity index (χ1n) is 12.3. The summed E-state index contributed by atoms with van der Waals surface area (Å²) < 4.78 is 38.5. The van der Waals surface area contributed by atoms with Gasteiger partial charge in [0.15, 0.2) is 0 Å². The largest absolute Gasteiger partial charge is 0.496 e. The summed E-state index contributed by atoms with van der Waals surface area (Å²) in [5.41, 5.74) is 2.91. The maximum atomic E-state index is 13.1. The normalized spacial score (nSPS) is 17.2. The Kier molecular flexibility index (Phi) is 8.64. The maximum absolute atomic E-state index is 13.1. The third kappa shape index (κ3) is 6.54. The lowest BCUT2D eigenvalue weighted by Gasteiger charge is -2.28. The van der Waals surface area contributed by atoms with Crippen molar-refractivity contribution in [2.75, 3.05) is 51.4 Å². The van der Waals surface area contributed by atoms with Gasteiger partial charge >= 0.3 is 0 Å². The van der Waals surface area contributed by atoms with Crippen molar-refractivity contribution in [3.05, 3.63) is 53.6 Å². The van der Waals surface area contributed by atoms with Gasteiger partial charge in [0.2, 0.25) is 15.9 Å². The Bertz CT molecular complexity index is 1090. The number of rotatable bonds is 9. The summed E-state index contributed by atoms with van der Waals surface area (Å²) in [5, 5.41) is 2.96. The molecule has 0 atom stereocenters. The number of piperidine rings is 1. The topological polar surface area (TPSA) is 88.2 Å². The number of morpholine rings is 1. The molecule has 8 nitrogen and oxygen atoms in total. The van der Waals surface area contributed by atoms with Crippen LogP contribution in [0.25, 0.3) is 0 Å². The molecule has 0 aromatic heterocycles. The fourth-order valence-electron chi connectivity index (χ4n) is 4.55. The molecule has 2 aromatic carbocycles. The fourth-order valence-corrected chi connectivity index (χ4v) is 6.12. The average Bonchev–Trinajstić information content (AvgIpc) is 2.91. The standard InChI is InChI=1S/C26H35N3O5S/c1-33-25-11-10-24(35(31,32)29-13-3-2-4-14-29)19-22(25)7-12-26(30)27-20-21-5-8-23(9-6-21)28-15-17-34-18-16-28/h5-6,8-11,19H,2-4,7,12-18,20H2,1H3,(H,27,30). The minimum Gasteiger partial charge on any atom is -0.496 e. The molecule has 0 unspecified atom stereocenters. The number of carbonyl (C=O) groups is 1. The molecule has 2 fully saturated rings. The van der Waals surface area contributed by atoms with Gasteiger partial charge in [-0.3, -0.25) is 4.79 Å². The highest BCUT2D eigenvalue weighted by molar-refractivity contribution is 7.89. The van der Waals surface area contributed by atoms with Crippen molar-refractivity contribution >= 4 is 21.6 Å². The first-order chi connectivity index (χ1) is 17.0. The van der Waals surface area contributed by atoms with Crippen LogP contribution in [0.1, 0.15) is 36.8 Å². The number of hydrogen-bond donors (Lipinski definition) is 1. The first-order valence-corrected chi connectivity index (χ1v) is 13.8. The molecule has 2 aromatic rings. The summed E-state index contributed by atoms with van der Waals surface area (Å²) in [6.45, 7) is 4.83. The third-order valence-corrected chi connectivity index (χ3v) is 8.52. The first kappa shape index (κ1) is 25.5. The molecule has 1 amide bonds. The summed E-state index contributed by atoms with van der Waals surface area (Å²) in [6.07, 6.45) is 3.48. The molecule has 2 aliphatic rings. The van der Waals surface area contributed by atoms with Crippen molar-refractivity contribution in [2.24, 2.45) is 0 Å². The van der Waals surface area contributed by atoms with Crippen molar-refractivity contribution < 1.29 is 22.7 Å². The molecule has 2 aliphatic heterocycles. The van der Waals surface area contributed by atoms with Gasteiger partial charge < -0.3 is 19.7 Å². The number of sulfonamides is 1. The minimum absolute atomic E-state index is 0.0893. The van der Waals surface area contributed by atoms with Crippen LogP contribution in [0, 0.1) is 0 Å². The fraction of sp³-hybridized carbons (Fsp3) is 0.500. The van der Waals surface area contributed by atoms with E-state index in [4.69, 9.17) is 9.47 Å². The van der Waals surface area contributed by atoms with Crippen molar-refractivity contribution in [3.8, 4) is 5.75 Å². The second kappa shape index (κ2) is 11.9. The Morgan fingerprint density at radius 1 is 1.00 bits per heavy atom. The molecule has 0 aliphatic carbocycles. The Balaban J connectivity index is 1.32. The number of benzene rings is 2. The van der Waals surface area contributed by atoms with Gasteiger partial charge in [-0.1, -0.05) is 18.6 Å². The highest BCUT2D eigenvalue weighted by Gasteiger charge is 2.26. The van der Waals surface area contributed by atoms with Crippen LogP contribution in [0.15, 0.2) is 47.4 Å². The predicted octanol–water partition coefficient (Wildman–Crippen LogP) is 2.96.